The molecule has 0 N–H and O–H groups in total. The standard InChI is InChI=1S/C23H26N4OS2/c1-3-12-27-21(15-17-8-6-5-7-9-17)24-25-23(27)30-16-22(28)26-13-10-20-18(11-14-29-20)19(26)4-2/h3,5-9,11,14,19H,1,4,10,12-13,15-16H2,2H3. The van der Waals surface area contributed by atoms with Gasteiger partial charge in [0.2, 0.25) is 5.91 Å². The molecular weight excluding hydrogens is 412 g/mol. The summed E-state index contributed by atoms with van der Waals surface area (Å²) < 4.78 is 2.06. The summed E-state index contributed by atoms with van der Waals surface area (Å²) in [7, 11) is 0. The second kappa shape index (κ2) is 9.62. The molecule has 1 amide bonds. The summed E-state index contributed by atoms with van der Waals surface area (Å²) in [6.07, 6.45) is 4.45. The number of rotatable bonds is 8. The van der Waals surface area contributed by atoms with Crippen LogP contribution in [0, 0.1) is 0 Å². The lowest BCUT2D eigenvalue weighted by Crippen LogP contribution is -2.40. The van der Waals surface area contributed by atoms with Crippen molar-refractivity contribution in [2.45, 2.75) is 43.9 Å². The van der Waals surface area contributed by atoms with Gasteiger partial charge in [0.05, 0.1) is 11.8 Å². The van der Waals surface area contributed by atoms with Gasteiger partial charge in [0, 0.05) is 24.4 Å². The summed E-state index contributed by atoms with van der Waals surface area (Å²) in [5.74, 6) is 1.43. The summed E-state index contributed by atoms with van der Waals surface area (Å²) >= 11 is 3.27. The lowest BCUT2D eigenvalue weighted by atomic mass is 9.98. The Morgan fingerprint density at radius 2 is 2.13 bits per heavy atom. The van der Waals surface area contributed by atoms with E-state index in [4.69, 9.17) is 0 Å². The minimum Gasteiger partial charge on any atom is -0.335 e. The molecule has 1 aliphatic heterocycles. The highest BCUT2D eigenvalue weighted by Gasteiger charge is 2.30. The Morgan fingerprint density at radius 3 is 2.90 bits per heavy atom. The van der Waals surface area contributed by atoms with E-state index >= 15 is 0 Å². The summed E-state index contributed by atoms with van der Waals surface area (Å²) in [5.41, 5.74) is 2.51. The Balaban J connectivity index is 1.45. The van der Waals surface area contributed by atoms with Crippen molar-refractivity contribution in [3.05, 3.63) is 76.3 Å². The molecule has 0 saturated heterocycles. The zero-order chi connectivity index (χ0) is 20.9. The van der Waals surface area contributed by atoms with Gasteiger partial charge in [-0.15, -0.1) is 28.1 Å². The number of carbonyl (C=O) groups is 1. The summed E-state index contributed by atoms with van der Waals surface area (Å²) in [6.45, 7) is 7.45. The fourth-order valence-electron chi connectivity index (χ4n) is 3.99. The number of allylic oxidation sites excluding steroid dienone is 1. The van der Waals surface area contributed by atoms with Crippen LogP contribution in [0.5, 0.6) is 0 Å². The van der Waals surface area contributed by atoms with Gasteiger partial charge in [-0.05, 0) is 35.4 Å². The maximum absolute atomic E-state index is 13.1. The fourth-order valence-corrected chi connectivity index (χ4v) is 5.77. The molecule has 0 radical (unpaired) electrons. The number of aromatic nitrogens is 3. The molecule has 7 heteroatoms. The predicted octanol–water partition coefficient (Wildman–Crippen LogP) is 4.74. The Hall–Kier alpha value is -2.38. The van der Waals surface area contributed by atoms with Gasteiger partial charge in [-0.2, -0.15) is 0 Å². The van der Waals surface area contributed by atoms with Crippen molar-refractivity contribution in [2.24, 2.45) is 0 Å². The molecule has 0 saturated carbocycles. The topological polar surface area (TPSA) is 51.0 Å². The van der Waals surface area contributed by atoms with E-state index in [2.05, 4.69) is 51.8 Å². The maximum Gasteiger partial charge on any atom is 0.233 e. The van der Waals surface area contributed by atoms with E-state index in [1.54, 1.807) is 11.3 Å². The van der Waals surface area contributed by atoms with Gasteiger partial charge in [-0.3, -0.25) is 4.79 Å². The number of hydrogen-bond acceptors (Lipinski definition) is 5. The first-order valence-corrected chi connectivity index (χ1v) is 12.1. The molecule has 0 aliphatic carbocycles. The molecule has 4 rings (SSSR count). The van der Waals surface area contributed by atoms with Gasteiger partial charge in [-0.25, -0.2) is 0 Å². The van der Waals surface area contributed by atoms with Crippen LogP contribution in [0.25, 0.3) is 0 Å². The van der Waals surface area contributed by atoms with Crippen LogP contribution in [0.4, 0.5) is 0 Å². The molecule has 3 aromatic rings. The smallest absolute Gasteiger partial charge is 0.233 e. The fraction of sp³-hybridized carbons (Fsp3) is 0.348. The first-order valence-electron chi connectivity index (χ1n) is 10.3. The maximum atomic E-state index is 13.1. The average Bonchev–Trinajstić information content (AvgIpc) is 3.40. The van der Waals surface area contributed by atoms with E-state index in [-0.39, 0.29) is 11.9 Å². The van der Waals surface area contributed by atoms with Crippen LogP contribution < -0.4 is 0 Å². The monoisotopic (exact) mass is 438 g/mol. The highest BCUT2D eigenvalue weighted by Crippen LogP contribution is 2.35. The van der Waals surface area contributed by atoms with Crippen molar-refractivity contribution in [3.8, 4) is 0 Å². The van der Waals surface area contributed by atoms with Crippen LogP contribution in [0.15, 0.2) is 59.6 Å². The lowest BCUT2D eigenvalue weighted by molar-refractivity contribution is -0.131. The van der Waals surface area contributed by atoms with Gasteiger partial charge < -0.3 is 9.47 Å². The third kappa shape index (κ3) is 4.37. The molecule has 30 heavy (non-hydrogen) atoms. The number of thioether (sulfide) groups is 1. The van der Waals surface area contributed by atoms with E-state index in [0.29, 0.717) is 18.7 Å². The van der Waals surface area contributed by atoms with Crippen molar-refractivity contribution >= 4 is 29.0 Å². The van der Waals surface area contributed by atoms with Crippen LogP contribution in [0.1, 0.15) is 41.2 Å². The van der Waals surface area contributed by atoms with E-state index in [1.807, 2.05) is 29.2 Å². The number of fused-ring (bicyclic) bond motifs is 1. The highest BCUT2D eigenvalue weighted by atomic mass is 32.2. The van der Waals surface area contributed by atoms with Crippen molar-refractivity contribution in [3.63, 3.8) is 0 Å². The third-order valence-corrected chi connectivity index (χ3v) is 7.38. The Labute approximate surface area is 185 Å². The average molecular weight is 439 g/mol. The Morgan fingerprint density at radius 1 is 1.30 bits per heavy atom. The molecule has 0 bridgehead atoms. The second-order valence-electron chi connectivity index (χ2n) is 7.31. The number of thiophene rings is 1. The minimum atomic E-state index is 0.168. The molecule has 1 unspecified atom stereocenters. The molecule has 0 fully saturated rings. The molecule has 1 atom stereocenters. The van der Waals surface area contributed by atoms with Crippen molar-refractivity contribution < 1.29 is 4.79 Å². The third-order valence-electron chi connectivity index (χ3n) is 5.44. The highest BCUT2D eigenvalue weighted by molar-refractivity contribution is 7.99. The minimum absolute atomic E-state index is 0.168. The van der Waals surface area contributed by atoms with E-state index in [9.17, 15) is 4.79 Å². The molecule has 1 aromatic carbocycles. The van der Waals surface area contributed by atoms with E-state index in [1.165, 1.54) is 27.8 Å². The first-order chi connectivity index (χ1) is 14.7. The number of carbonyl (C=O) groups excluding carboxylic acids is 1. The molecule has 5 nitrogen and oxygen atoms in total. The van der Waals surface area contributed by atoms with Gasteiger partial charge in [0.25, 0.3) is 0 Å². The first kappa shape index (κ1) is 20.9. The Bertz CT molecular complexity index is 1010. The predicted molar refractivity (Wildman–Crippen MR) is 123 cm³/mol. The zero-order valence-electron chi connectivity index (χ0n) is 17.2. The second-order valence-corrected chi connectivity index (χ2v) is 9.25. The van der Waals surface area contributed by atoms with Crippen molar-refractivity contribution in [1.82, 2.24) is 19.7 Å². The summed E-state index contributed by atoms with van der Waals surface area (Å²) in [5, 5.41) is 11.7. The number of benzene rings is 1. The largest absolute Gasteiger partial charge is 0.335 e. The molecule has 156 valence electrons. The van der Waals surface area contributed by atoms with E-state index < -0.39 is 0 Å². The lowest BCUT2D eigenvalue weighted by Gasteiger charge is -2.35. The number of nitrogens with zero attached hydrogens (tertiary/aromatic N) is 4. The molecule has 2 aromatic heterocycles. The van der Waals surface area contributed by atoms with Gasteiger partial charge in [-0.1, -0.05) is 55.1 Å². The Kier molecular flexibility index (Phi) is 6.69. The summed E-state index contributed by atoms with van der Waals surface area (Å²) in [4.78, 5) is 16.5. The quantitative estimate of drug-likeness (QED) is 0.376. The normalized spacial score (nSPS) is 15.8. The van der Waals surface area contributed by atoms with Gasteiger partial charge >= 0.3 is 0 Å². The number of hydrogen-bond donors (Lipinski definition) is 0. The van der Waals surface area contributed by atoms with Crippen LogP contribution >= 0.6 is 23.1 Å². The van der Waals surface area contributed by atoms with Crippen molar-refractivity contribution in [1.29, 1.82) is 0 Å². The number of amides is 1. The van der Waals surface area contributed by atoms with Crippen LogP contribution in [0.3, 0.4) is 0 Å². The van der Waals surface area contributed by atoms with Crippen LogP contribution in [-0.4, -0.2) is 37.9 Å². The SMILES string of the molecule is C=CCn1c(Cc2ccccc2)nnc1SCC(=O)N1CCc2sccc2C1CC. The van der Waals surface area contributed by atoms with Gasteiger partial charge in [0.1, 0.15) is 5.82 Å². The molecule has 0 spiro atoms. The molecule has 3 heterocycles. The van der Waals surface area contributed by atoms with Crippen LogP contribution in [-0.2, 0) is 24.2 Å². The molecule has 1 aliphatic rings. The summed E-state index contributed by atoms with van der Waals surface area (Å²) in [6, 6.07) is 12.6. The molecular formula is C23H26N4OS2. The van der Waals surface area contributed by atoms with E-state index in [0.717, 1.165) is 30.4 Å². The van der Waals surface area contributed by atoms with Crippen LogP contribution in [0.2, 0.25) is 0 Å². The van der Waals surface area contributed by atoms with Crippen molar-refractivity contribution in [2.75, 3.05) is 12.3 Å². The van der Waals surface area contributed by atoms with Gasteiger partial charge in [0.15, 0.2) is 5.16 Å². The zero-order valence-corrected chi connectivity index (χ0v) is 18.8.